The van der Waals surface area contributed by atoms with E-state index in [2.05, 4.69) is 21.0 Å². The maximum Gasteiger partial charge on any atom is 0.0847 e. The molecule has 1 saturated heterocycles. The standard InChI is InChI=1S/C10H14BrClN2S/c1-6-10(12)9(14(2)13-6)3-7-4-15-5-8(7)11/h7-8H,3-5H2,1-2H3. The van der Waals surface area contributed by atoms with Gasteiger partial charge in [-0.1, -0.05) is 27.5 Å². The van der Waals surface area contributed by atoms with Gasteiger partial charge >= 0.3 is 0 Å². The van der Waals surface area contributed by atoms with E-state index in [1.807, 2.05) is 30.4 Å². The molecule has 1 aromatic rings. The van der Waals surface area contributed by atoms with Crippen molar-refractivity contribution in [1.29, 1.82) is 0 Å². The second-order valence-electron chi connectivity index (χ2n) is 3.99. The van der Waals surface area contributed by atoms with Gasteiger partial charge in [-0.2, -0.15) is 16.9 Å². The van der Waals surface area contributed by atoms with Crippen LogP contribution in [0, 0.1) is 12.8 Å². The number of nitrogens with zero attached hydrogens (tertiary/aromatic N) is 2. The SMILES string of the molecule is Cc1nn(C)c(CC2CSCC2Br)c1Cl. The minimum Gasteiger partial charge on any atom is -0.271 e. The molecule has 1 aliphatic heterocycles. The van der Waals surface area contributed by atoms with Gasteiger partial charge in [-0.15, -0.1) is 0 Å². The Bertz CT molecular complexity index is 367. The highest BCUT2D eigenvalue weighted by atomic mass is 79.9. The Kier molecular flexibility index (Phi) is 3.68. The number of hydrogen-bond donors (Lipinski definition) is 0. The smallest absolute Gasteiger partial charge is 0.0847 e. The van der Waals surface area contributed by atoms with Crippen molar-refractivity contribution in [3.05, 3.63) is 16.4 Å². The number of aryl methyl sites for hydroxylation is 2. The number of thioether (sulfide) groups is 1. The number of aromatic nitrogens is 2. The van der Waals surface area contributed by atoms with Gasteiger partial charge in [0.15, 0.2) is 0 Å². The maximum atomic E-state index is 6.23. The third kappa shape index (κ3) is 2.37. The van der Waals surface area contributed by atoms with Crippen LogP contribution in [0.5, 0.6) is 0 Å². The topological polar surface area (TPSA) is 17.8 Å². The van der Waals surface area contributed by atoms with Crippen LogP contribution in [-0.2, 0) is 13.5 Å². The van der Waals surface area contributed by atoms with E-state index in [9.17, 15) is 0 Å². The van der Waals surface area contributed by atoms with Gasteiger partial charge in [0, 0.05) is 17.6 Å². The van der Waals surface area contributed by atoms with Gasteiger partial charge in [-0.3, -0.25) is 4.68 Å². The molecule has 2 rings (SSSR count). The molecular formula is C10H14BrClN2S. The molecule has 2 atom stereocenters. The first-order chi connectivity index (χ1) is 7.09. The minimum atomic E-state index is 0.619. The van der Waals surface area contributed by atoms with Crippen molar-refractivity contribution in [1.82, 2.24) is 9.78 Å². The van der Waals surface area contributed by atoms with Gasteiger partial charge in [0.1, 0.15) is 0 Å². The van der Waals surface area contributed by atoms with Crippen molar-refractivity contribution in [2.45, 2.75) is 18.2 Å². The van der Waals surface area contributed by atoms with Gasteiger partial charge in [-0.25, -0.2) is 0 Å². The highest BCUT2D eigenvalue weighted by Gasteiger charge is 2.27. The fraction of sp³-hybridized carbons (Fsp3) is 0.700. The monoisotopic (exact) mass is 308 g/mol. The zero-order valence-corrected chi connectivity index (χ0v) is 12.0. The molecule has 1 aliphatic rings. The summed E-state index contributed by atoms with van der Waals surface area (Å²) < 4.78 is 1.92. The molecule has 2 unspecified atom stereocenters. The Morgan fingerprint density at radius 1 is 1.60 bits per heavy atom. The fourth-order valence-electron chi connectivity index (χ4n) is 1.91. The quantitative estimate of drug-likeness (QED) is 0.782. The van der Waals surface area contributed by atoms with E-state index in [4.69, 9.17) is 11.6 Å². The van der Waals surface area contributed by atoms with Gasteiger partial charge in [0.05, 0.1) is 16.4 Å². The molecule has 0 bridgehead atoms. The highest BCUT2D eigenvalue weighted by Crippen LogP contribution is 2.34. The van der Waals surface area contributed by atoms with Crippen LogP contribution >= 0.6 is 39.3 Å². The van der Waals surface area contributed by atoms with Crippen molar-refractivity contribution in [2.75, 3.05) is 11.5 Å². The summed E-state index contributed by atoms with van der Waals surface area (Å²) >= 11 is 12.0. The molecule has 15 heavy (non-hydrogen) atoms. The molecule has 0 aromatic carbocycles. The summed E-state index contributed by atoms with van der Waals surface area (Å²) in [6, 6.07) is 0. The molecular weight excluding hydrogens is 296 g/mol. The molecule has 0 radical (unpaired) electrons. The number of hydrogen-bond acceptors (Lipinski definition) is 2. The lowest BCUT2D eigenvalue weighted by Gasteiger charge is -2.13. The van der Waals surface area contributed by atoms with Crippen LogP contribution in [-0.4, -0.2) is 26.1 Å². The Labute approximate surface area is 108 Å². The molecule has 2 heterocycles. The van der Waals surface area contributed by atoms with Crippen LogP contribution < -0.4 is 0 Å². The molecule has 1 aromatic heterocycles. The Morgan fingerprint density at radius 3 is 2.80 bits per heavy atom. The molecule has 0 aliphatic carbocycles. The van der Waals surface area contributed by atoms with Crippen LogP contribution in [0.4, 0.5) is 0 Å². The normalized spacial score (nSPS) is 26.1. The molecule has 0 spiro atoms. The highest BCUT2D eigenvalue weighted by molar-refractivity contribution is 9.09. The van der Waals surface area contributed by atoms with Crippen molar-refractivity contribution >= 4 is 39.3 Å². The largest absolute Gasteiger partial charge is 0.271 e. The first-order valence-electron chi connectivity index (χ1n) is 4.99. The van der Waals surface area contributed by atoms with Crippen LogP contribution in [0.15, 0.2) is 0 Å². The predicted octanol–water partition coefficient (Wildman–Crippen LogP) is 3.05. The van der Waals surface area contributed by atoms with Crippen LogP contribution in [0.25, 0.3) is 0 Å². The maximum absolute atomic E-state index is 6.23. The lowest BCUT2D eigenvalue weighted by molar-refractivity contribution is 0.575. The molecule has 0 saturated carbocycles. The van der Waals surface area contributed by atoms with Gasteiger partial charge in [-0.05, 0) is 25.0 Å². The van der Waals surface area contributed by atoms with E-state index in [-0.39, 0.29) is 0 Å². The summed E-state index contributed by atoms with van der Waals surface area (Å²) in [5.41, 5.74) is 2.11. The van der Waals surface area contributed by atoms with Gasteiger partial charge < -0.3 is 0 Å². The molecule has 5 heteroatoms. The lowest BCUT2D eigenvalue weighted by atomic mass is 10.0. The summed E-state index contributed by atoms with van der Waals surface area (Å²) in [6.07, 6.45) is 1.03. The summed E-state index contributed by atoms with van der Waals surface area (Å²) in [4.78, 5) is 0.619. The van der Waals surface area contributed by atoms with E-state index in [1.54, 1.807) is 0 Å². The number of alkyl halides is 1. The summed E-state index contributed by atoms with van der Waals surface area (Å²) in [5.74, 6) is 3.11. The molecule has 2 nitrogen and oxygen atoms in total. The van der Waals surface area contributed by atoms with E-state index < -0.39 is 0 Å². The fourth-order valence-corrected chi connectivity index (χ4v) is 4.62. The molecule has 0 N–H and O–H groups in total. The number of halogens is 2. The summed E-state index contributed by atoms with van der Waals surface area (Å²) in [7, 11) is 1.97. The summed E-state index contributed by atoms with van der Waals surface area (Å²) in [6.45, 7) is 1.96. The Hall–Kier alpha value is 0.330. The van der Waals surface area contributed by atoms with Gasteiger partial charge in [0.2, 0.25) is 0 Å². The van der Waals surface area contributed by atoms with Crippen molar-refractivity contribution in [2.24, 2.45) is 13.0 Å². The Morgan fingerprint density at radius 2 is 2.33 bits per heavy atom. The van der Waals surface area contributed by atoms with Crippen molar-refractivity contribution in [3.8, 4) is 0 Å². The van der Waals surface area contributed by atoms with Crippen molar-refractivity contribution < 1.29 is 0 Å². The van der Waals surface area contributed by atoms with Gasteiger partial charge in [0.25, 0.3) is 0 Å². The molecule has 84 valence electrons. The lowest BCUT2D eigenvalue weighted by Crippen LogP contribution is -2.16. The second-order valence-corrected chi connectivity index (χ2v) is 6.62. The minimum absolute atomic E-state index is 0.619. The van der Waals surface area contributed by atoms with E-state index in [0.29, 0.717) is 10.7 Å². The average molecular weight is 310 g/mol. The first-order valence-corrected chi connectivity index (χ1v) is 7.44. The second kappa shape index (κ2) is 4.68. The number of rotatable bonds is 2. The third-order valence-electron chi connectivity index (χ3n) is 2.84. The Balaban J connectivity index is 2.16. The van der Waals surface area contributed by atoms with Crippen LogP contribution in [0.3, 0.4) is 0 Å². The van der Waals surface area contributed by atoms with E-state index in [0.717, 1.165) is 17.1 Å². The average Bonchev–Trinajstić information content (AvgIpc) is 2.67. The zero-order chi connectivity index (χ0) is 11.0. The van der Waals surface area contributed by atoms with Crippen LogP contribution in [0.1, 0.15) is 11.4 Å². The first kappa shape index (κ1) is 11.8. The van der Waals surface area contributed by atoms with E-state index in [1.165, 1.54) is 17.2 Å². The van der Waals surface area contributed by atoms with Crippen LogP contribution in [0.2, 0.25) is 5.02 Å². The zero-order valence-electron chi connectivity index (χ0n) is 8.83. The summed E-state index contributed by atoms with van der Waals surface area (Å²) in [5, 5.41) is 5.18. The molecule has 1 fully saturated rings. The third-order valence-corrected chi connectivity index (χ3v) is 6.09. The van der Waals surface area contributed by atoms with E-state index >= 15 is 0 Å². The predicted molar refractivity (Wildman–Crippen MR) is 70.2 cm³/mol. The van der Waals surface area contributed by atoms with Crippen molar-refractivity contribution in [3.63, 3.8) is 0 Å². The molecule has 0 amide bonds.